The first kappa shape index (κ1) is 17.8. The first-order chi connectivity index (χ1) is 12.1. The molecule has 130 valence electrons. The third-order valence-electron chi connectivity index (χ3n) is 3.99. The number of imidazole rings is 1. The summed E-state index contributed by atoms with van der Waals surface area (Å²) in [5.41, 5.74) is 3.05. The van der Waals surface area contributed by atoms with Crippen molar-refractivity contribution in [2.24, 2.45) is 0 Å². The van der Waals surface area contributed by atoms with E-state index in [9.17, 15) is 4.79 Å². The van der Waals surface area contributed by atoms with Crippen molar-refractivity contribution in [2.45, 2.75) is 31.6 Å². The van der Waals surface area contributed by atoms with Gasteiger partial charge in [0.25, 0.3) is 0 Å². The molecule has 25 heavy (non-hydrogen) atoms. The molecule has 0 aliphatic carbocycles. The first-order valence-corrected chi connectivity index (χ1v) is 9.57. The Morgan fingerprint density at radius 1 is 1.28 bits per heavy atom. The molecule has 0 aliphatic rings. The molecule has 0 fully saturated rings. The number of thioether (sulfide) groups is 1. The fourth-order valence-electron chi connectivity index (χ4n) is 2.74. The molecule has 0 aliphatic heterocycles. The molecule has 0 bridgehead atoms. The number of halogens is 1. The molecule has 0 saturated carbocycles. The molecule has 3 aromatic rings. The zero-order chi connectivity index (χ0) is 17.8. The van der Waals surface area contributed by atoms with E-state index in [-0.39, 0.29) is 11.9 Å². The molecular weight excluding hydrogens is 354 g/mol. The van der Waals surface area contributed by atoms with Crippen LogP contribution in [0.2, 0.25) is 5.02 Å². The zero-order valence-corrected chi connectivity index (χ0v) is 15.8. The Hall–Kier alpha value is -1.98. The van der Waals surface area contributed by atoms with E-state index in [0.717, 1.165) is 28.3 Å². The first-order valence-electron chi connectivity index (χ1n) is 8.21. The van der Waals surface area contributed by atoms with Crippen LogP contribution in [0.3, 0.4) is 0 Å². The molecule has 0 spiro atoms. The number of nitrogens with one attached hydrogen (secondary N) is 1. The van der Waals surface area contributed by atoms with Gasteiger partial charge in [-0.3, -0.25) is 4.79 Å². The Morgan fingerprint density at radius 3 is 2.84 bits per heavy atom. The van der Waals surface area contributed by atoms with E-state index in [1.807, 2.05) is 49.4 Å². The van der Waals surface area contributed by atoms with Crippen molar-refractivity contribution in [3.8, 4) is 0 Å². The van der Waals surface area contributed by atoms with E-state index in [1.54, 1.807) is 0 Å². The van der Waals surface area contributed by atoms with Crippen LogP contribution in [0.1, 0.15) is 25.5 Å². The van der Waals surface area contributed by atoms with Gasteiger partial charge in [0.1, 0.15) is 0 Å². The molecule has 0 unspecified atom stereocenters. The number of rotatable bonds is 6. The van der Waals surface area contributed by atoms with Gasteiger partial charge in [-0.15, -0.1) is 0 Å². The molecule has 1 aromatic heterocycles. The highest BCUT2D eigenvalue weighted by Crippen LogP contribution is 2.24. The van der Waals surface area contributed by atoms with Gasteiger partial charge in [-0.1, -0.05) is 47.6 Å². The highest BCUT2D eigenvalue weighted by Gasteiger charge is 2.14. The SMILES string of the molecule is CCn1c(SCC(=O)N[C@@H](C)c2cccc(Cl)c2)nc2ccccc21. The fourth-order valence-corrected chi connectivity index (χ4v) is 3.83. The molecule has 1 N–H and O–H groups in total. The van der Waals surface area contributed by atoms with E-state index < -0.39 is 0 Å². The predicted molar refractivity (Wildman–Crippen MR) is 104 cm³/mol. The normalized spacial score (nSPS) is 12.3. The lowest BCUT2D eigenvalue weighted by Gasteiger charge is -2.14. The van der Waals surface area contributed by atoms with Gasteiger partial charge in [-0.05, 0) is 43.7 Å². The number of carbonyl (C=O) groups is 1. The number of hydrogen-bond acceptors (Lipinski definition) is 3. The van der Waals surface area contributed by atoms with Crippen LogP contribution in [0.5, 0.6) is 0 Å². The fraction of sp³-hybridized carbons (Fsp3) is 0.263. The molecule has 3 rings (SSSR count). The lowest BCUT2D eigenvalue weighted by molar-refractivity contribution is -0.119. The third-order valence-corrected chi connectivity index (χ3v) is 5.21. The van der Waals surface area contributed by atoms with Gasteiger partial charge in [0.05, 0.1) is 22.8 Å². The minimum Gasteiger partial charge on any atom is -0.349 e. The Morgan fingerprint density at radius 2 is 2.08 bits per heavy atom. The van der Waals surface area contributed by atoms with Crippen molar-refractivity contribution in [1.82, 2.24) is 14.9 Å². The second kappa shape index (κ2) is 7.93. The molecule has 1 heterocycles. The van der Waals surface area contributed by atoms with Gasteiger partial charge in [-0.25, -0.2) is 4.98 Å². The standard InChI is InChI=1S/C19H20ClN3OS/c1-3-23-17-10-5-4-9-16(17)22-19(23)25-12-18(24)21-13(2)14-7-6-8-15(20)11-14/h4-11,13H,3,12H2,1-2H3,(H,21,24)/t13-/m0/s1. The summed E-state index contributed by atoms with van der Waals surface area (Å²) in [7, 11) is 0. The number of benzene rings is 2. The second-order valence-electron chi connectivity index (χ2n) is 5.76. The quantitative estimate of drug-likeness (QED) is 0.638. The summed E-state index contributed by atoms with van der Waals surface area (Å²) in [5, 5.41) is 4.55. The third kappa shape index (κ3) is 4.17. The van der Waals surface area contributed by atoms with Crippen molar-refractivity contribution in [3.05, 3.63) is 59.1 Å². The number of hydrogen-bond donors (Lipinski definition) is 1. The Kier molecular flexibility index (Phi) is 5.66. The van der Waals surface area contributed by atoms with Crippen molar-refractivity contribution < 1.29 is 4.79 Å². The summed E-state index contributed by atoms with van der Waals surface area (Å²) < 4.78 is 2.13. The summed E-state index contributed by atoms with van der Waals surface area (Å²) in [6.45, 7) is 4.86. The van der Waals surface area contributed by atoms with E-state index in [0.29, 0.717) is 10.8 Å². The summed E-state index contributed by atoms with van der Waals surface area (Å²) in [6, 6.07) is 15.5. The zero-order valence-electron chi connectivity index (χ0n) is 14.2. The maximum atomic E-state index is 12.3. The Labute approximate surface area is 156 Å². The Balaban J connectivity index is 1.64. The summed E-state index contributed by atoms with van der Waals surface area (Å²) >= 11 is 7.47. The second-order valence-corrected chi connectivity index (χ2v) is 7.14. The highest BCUT2D eigenvalue weighted by atomic mass is 35.5. The van der Waals surface area contributed by atoms with Crippen molar-refractivity contribution in [1.29, 1.82) is 0 Å². The molecule has 1 amide bonds. The van der Waals surface area contributed by atoms with Crippen LogP contribution in [0, 0.1) is 0 Å². The van der Waals surface area contributed by atoms with Crippen molar-refractivity contribution in [3.63, 3.8) is 0 Å². The van der Waals surface area contributed by atoms with Crippen LogP contribution in [0.15, 0.2) is 53.7 Å². The maximum Gasteiger partial charge on any atom is 0.230 e. The van der Waals surface area contributed by atoms with Crippen molar-refractivity contribution >= 4 is 40.3 Å². The largest absolute Gasteiger partial charge is 0.349 e. The monoisotopic (exact) mass is 373 g/mol. The smallest absolute Gasteiger partial charge is 0.230 e. The van der Waals surface area contributed by atoms with Gasteiger partial charge < -0.3 is 9.88 Å². The average molecular weight is 374 g/mol. The summed E-state index contributed by atoms with van der Waals surface area (Å²) in [5.74, 6) is 0.306. The average Bonchev–Trinajstić information content (AvgIpc) is 2.97. The van der Waals surface area contributed by atoms with Crippen LogP contribution in [0.25, 0.3) is 11.0 Å². The molecule has 4 nitrogen and oxygen atoms in total. The van der Waals surface area contributed by atoms with Gasteiger partial charge in [0, 0.05) is 11.6 Å². The summed E-state index contributed by atoms with van der Waals surface area (Å²) in [6.07, 6.45) is 0. The van der Waals surface area contributed by atoms with Gasteiger partial charge >= 0.3 is 0 Å². The molecular formula is C19H20ClN3OS. The summed E-state index contributed by atoms with van der Waals surface area (Å²) in [4.78, 5) is 16.9. The molecule has 2 aromatic carbocycles. The van der Waals surface area contributed by atoms with Crippen LogP contribution in [0.4, 0.5) is 0 Å². The van der Waals surface area contributed by atoms with Gasteiger partial charge in [0.15, 0.2) is 5.16 Å². The lowest BCUT2D eigenvalue weighted by Crippen LogP contribution is -2.28. The Bertz CT molecular complexity index is 893. The molecule has 1 atom stereocenters. The molecule has 0 saturated heterocycles. The van der Waals surface area contributed by atoms with E-state index >= 15 is 0 Å². The van der Waals surface area contributed by atoms with E-state index in [2.05, 4.69) is 27.9 Å². The predicted octanol–water partition coefficient (Wildman–Crippen LogP) is 4.68. The maximum absolute atomic E-state index is 12.3. The number of para-hydroxylation sites is 2. The van der Waals surface area contributed by atoms with Crippen LogP contribution < -0.4 is 5.32 Å². The van der Waals surface area contributed by atoms with Crippen LogP contribution in [-0.4, -0.2) is 21.2 Å². The number of nitrogens with zero attached hydrogens (tertiary/aromatic N) is 2. The number of aryl methyl sites for hydroxylation is 1. The number of aromatic nitrogens is 2. The van der Waals surface area contributed by atoms with Gasteiger partial charge in [0.2, 0.25) is 5.91 Å². The van der Waals surface area contributed by atoms with Crippen LogP contribution in [-0.2, 0) is 11.3 Å². The molecule has 6 heteroatoms. The topological polar surface area (TPSA) is 46.9 Å². The van der Waals surface area contributed by atoms with E-state index in [4.69, 9.17) is 11.6 Å². The van der Waals surface area contributed by atoms with E-state index in [1.165, 1.54) is 11.8 Å². The minimum atomic E-state index is -0.0863. The van der Waals surface area contributed by atoms with Gasteiger partial charge in [-0.2, -0.15) is 0 Å². The highest BCUT2D eigenvalue weighted by molar-refractivity contribution is 7.99. The van der Waals surface area contributed by atoms with Crippen LogP contribution >= 0.6 is 23.4 Å². The molecule has 0 radical (unpaired) electrons. The number of amides is 1. The number of fused-ring (bicyclic) bond motifs is 1. The van der Waals surface area contributed by atoms with Crippen molar-refractivity contribution in [2.75, 3.05) is 5.75 Å². The number of carbonyl (C=O) groups excluding carboxylic acids is 1. The minimum absolute atomic E-state index is 0.0211. The lowest BCUT2D eigenvalue weighted by atomic mass is 10.1.